The monoisotopic (exact) mass is 307 g/mol. The van der Waals surface area contributed by atoms with Crippen molar-refractivity contribution in [2.45, 2.75) is 6.92 Å². The average molecular weight is 307 g/mol. The van der Waals surface area contributed by atoms with Crippen molar-refractivity contribution in [3.63, 3.8) is 0 Å². The second-order valence-corrected chi connectivity index (χ2v) is 6.21. The van der Waals surface area contributed by atoms with Gasteiger partial charge in [0.05, 0.1) is 9.05 Å². The molecule has 0 aliphatic carbocycles. The Morgan fingerprint density at radius 2 is 2.06 bits per heavy atom. The molecule has 1 rings (SSSR count). The van der Waals surface area contributed by atoms with Crippen molar-refractivity contribution in [3.8, 4) is 0 Å². The third-order valence-corrected chi connectivity index (χ3v) is 3.40. The van der Waals surface area contributed by atoms with Gasteiger partial charge in [0.25, 0.3) is 11.7 Å². The summed E-state index contributed by atoms with van der Waals surface area (Å²) in [7, 11) is -4.39. The second kappa shape index (κ2) is 9.76. The van der Waals surface area contributed by atoms with E-state index in [4.69, 9.17) is 0 Å². The first-order valence-electron chi connectivity index (χ1n) is 4.19. The number of hydrogen-bond donors (Lipinski definition) is 1. The maximum Gasteiger partial charge on any atom is 1.00 e. The van der Waals surface area contributed by atoms with Crippen molar-refractivity contribution in [2.75, 3.05) is 11.1 Å². The fraction of sp³-hybridized carbons (Fsp3) is 0.250. The molecule has 18 heavy (non-hydrogen) atoms. The molecule has 1 amide bonds. The second-order valence-electron chi connectivity index (χ2n) is 2.94. The largest absolute Gasteiger partial charge is 1.00 e. The number of rotatable bonds is 3. The summed E-state index contributed by atoms with van der Waals surface area (Å²) < 4.78 is 30.7. The number of aryl methyl sites for hydroxylation is 1. The number of nitrogens with one attached hydrogen (secondary N) is 1. The molecule has 88 valence electrons. The number of nitrogens with zero attached hydrogens (tertiary/aromatic N) is 1. The van der Waals surface area contributed by atoms with E-state index in [1.165, 1.54) is 0 Å². The van der Waals surface area contributed by atoms with Gasteiger partial charge in [0.2, 0.25) is 10.3 Å². The van der Waals surface area contributed by atoms with Crippen LogP contribution in [0.4, 0.5) is 5.82 Å². The quantitative estimate of drug-likeness (QED) is 0.442. The average Bonchev–Trinajstić information content (AvgIpc) is 2.18. The molecule has 1 aromatic heterocycles. The Morgan fingerprint density at radius 3 is 2.50 bits per heavy atom. The third-order valence-electron chi connectivity index (χ3n) is 1.51. The number of anilines is 1. The molecule has 0 bridgehead atoms. The van der Waals surface area contributed by atoms with Crippen molar-refractivity contribution >= 4 is 31.1 Å². The minimum Gasteiger partial charge on any atom is -0.746 e. The van der Waals surface area contributed by atoms with Crippen molar-refractivity contribution in [3.05, 3.63) is 23.9 Å². The molecule has 0 atom stereocenters. The predicted molar refractivity (Wildman–Crippen MR) is 59.5 cm³/mol. The standard InChI is InChI=1S/C8H10N2O4S2.2Na/c1-6-2-3-7(9-4-6)10-8(11)5-15-16(12,13)14;;/h2-4H,5H2,1H3,(H2-,9,10,11,12,13,14);;/q;2*+1/p-1. The van der Waals surface area contributed by atoms with Crippen LogP contribution in [0.5, 0.6) is 0 Å². The molecule has 0 radical (unpaired) electrons. The molecule has 10 heteroatoms. The van der Waals surface area contributed by atoms with Gasteiger partial charge in [-0.25, -0.2) is 9.19 Å². The first-order chi connectivity index (χ1) is 7.37. The first-order valence-corrected chi connectivity index (χ1v) is 7.10. The van der Waals surface area contributed by atoms with E-state index in [2.05, 4.69) is 10.3 Å². The minimum absolute atomic E-state index is 0. The van der Waals surface area contributed by atoms with Crippen LogP contribution in [-0.2, 0) is 24.2 Å². The van der Waals surface area contributed by atoms with E-state index in [1.54, 1.807) is 18.3 Å². The molecule has 0 saturated carbocycles. The van der Waals surface area contributed by atoms with Crippen LogP contribution < -0.4 is 64.4 Å². The van der Waals surface area contributed by atoms with Gasteiger partial charge in [0.15, 0.2) is 0 Å². The van der Waals surface area contributed by atoms with Crippen LogP contribution in [0.2, 0.25) is 0 Å². The zero-order valence-electron chi connectivity index (χ0n) is 10.3. The Hall–Kier alpha value is 0.910. The van der Waals surface area contributed by atoms with Gasteiger partial charge in [-0.15, -0.1) is 0 Å². The van der Waals surface area contributed by atoms with E-state index in [9.17, 15) is 18.1 Å². The molecule has 0 aliphatic rings. The van der Waals surface area contributed by atoms with E-state index in [0.717, 1.165) is 5.56 Å². The summed E-state index contributed by atoms with van der Waals surface area (Å²) in [5.74, 6) is -0.707. The van der Waals surface area contributed by atoms with Crippen LogP contribution in [0, 0.1) is 6.92 Å². The molecule has 0 unspecified atom stereocenters. The summed E-state index contributed by atoms with van der Waals surface area (Å²) in [6.07, 6.45) is 1.56. The molecule has 1 aromatic rings. The van der Waals surface area contributed by atoms with E-state index in [0.29, 0.717) is 5.82 Å². The van der Waals surface area contributed by atoms with Crippen molar-refractivity contribution in [2.24, 2.45) is 0 Å². The van der Waals surface area contributed by atoms with E-state index < -0.39 is 20.7 Å². The van der Waals surface area contributed by atoms with Crippen LogP contribution in [0.15, 0.2) is 18.3 Å². The van der Waals surface area contributed by atoms with E-state index in [-0.39, 0.29) is 69.4 Å². The molecule has 0 saturated heterocycles. The fourth-order valence-corrected chi connectivity index (χ4v) is 1.92. The summed E-state index contributed by atoms with van der Waals surface area (Å²) in [5, 5.41) is 2.37. The molecular weight excluding hydrogens is 298 g/mol. The van der Waals surface area contributed by atoms with Gasteiger partial charge in [0, 0.05) is 6.20 Å². The van der Waals surface area contributed by atoms with Gasteiger partial charge >= 0.3 is 59.1 Å². The first kappa shape index (κ1) is 21.2. The number of hydrogen-bond acceptors (Lipinski definition) is 5. The summed E-state index contributed by atoms with van der Waals surface area (Å²) in [6.45, 7) is 1.85. The molecule has 0 aliphatic heterocycles. The molecule has 0 aromatic carbocycles. The molecule has 0 spiro atoms. The number of amides is 1. The summed E-state index contributed by atoms with van der Waals surface area (Å²) in [5.41, 5.74) is 0.939. The summed E-state index contributed by atoms with van der Waals surface area (Å²) in [6, 6.07) is 3.34. The summed E-state index contributed by atoms with van der Waals surface area (Å²) in [4.78, 5) is 15.1. The third kappa shape index (κ3) is 9.79. The molecule has 1 N–H and O–H groups in total. The number of pyridine rings is 1. The van der Waals surface area contributed by atoms with Crippen LogP contribution in [-0.4, -0.2) is 30.0 Å². The van der Waals surface area contributed by atoms with Gasteiger partial charge in [-0.1, -0.05) is 6.07 Å². The van der Waals surface area contributed by atoms with Crippen LogP contribution >= 0.6 is 0 Å². The predicted octanol–water partition coefficient (Wildman–Crippen LogP) is -6.12. The molecule has 6 nitrogen and oxygen atoms in total. The van der Waals surface area contributed by atoms with Crippen molar-refractivity contribution in [1.29, 1.82) is 0 Å². The smallest absolute Gasteiger partial charge is 0.746 e. The molecular formula is C8H9N2Na2O4S2+. The van der Waals surface area contributed by atoms with Crippen LogP contribution in [0.3, 0.4) is 0 Å². The topological polar surface area (TPSA) is 105 Å². The fourth-order valence-electron chi connectivity index (χ4n) is 0.846. The van der Waals surface area contributed by atoms with Crippen LogP contribution in [0.1, 0.15) is 5.56 Å². The van der Waals surface area contributed by atoms with E-state index in [1.807, 2.05) is 6.92 Å². The van der Waals surface area contributed by atoms with Crippen molar-refractivity contribution < 1.29 is 77.2 Å². The molecule has 1 heterocycles. The Balaban J connectivity index is 0. The molecule has 0 fully saturated rings. The van der Waals surface area contributed by atoms with Crippen LogP contribution in [0.25, 0.3) is 0 Å². The Labute approximate surface area is 153 Å². The number of carbonyl (C=O) groups excluding carboxylic acids is 1. The zero-order valence-corrected chi connectivity index (χ0v) is 16.0. The SMILES string of the molecule is Cc1ccc(NC(=O)C[S+]=S(=O)([O-])[O-])nc1.[Na+].[Na+]. The Kier molecular flexibility index (Phi) is 11.5. The zero-order chi connectivity index (χ0) is 12.2. The maximum atomic E-state index is 11.2. The maximum absolute atomic E-state index is 11.2. The normalized spacial score (nSPS) is 9.72. The summed E-state index contributed by atoms with van der Waals surface area (Å²) >= 11 is 0. The minimum atomic E-state index is -4.43. The van der Waals surface area contributed by atoms with Gasteiger partial charge in [-0.3, -0.25) is 4.79 Å². The Bertz CT molecular complexity index is 492. The van der Waals surface area contributed by atoms with E-state index >= 15 is 0 Å². The Morgan fingerprint density at radius 1 is 1.44 bits per heavy atom. The van der Waals surface area contributed by atoms with Gasteiger partial charge in [-0.2, -0.15) is 0 Å². The van der Waals surface area contributed by atoms with Gasteiger partial charge in [-0.05, 0) is 18.6 Å². The van der Waals surface area contributed by atoms with Crippen molar-refractivity contribution in [1.82, 2.24) is 4.98 Å². The number of carbonyl (C=O) groups is 1. The van der Waals surface area contributed by atoms with Gasteiger partial charge in [0.1, 0.15) is 5.82 Å². The number of aromatic nitrogens is 1. The van der Waals surface area contributed by atoms with Gasteiger partial charge < -0.3 is 14.4 Å².